The van der Waals surface area contributed by atoms with Crippen LogP contribution in [0.1, 0.15) is 24.3 Å². The highest BCUT2D eigenvalue weighted by atomic mass is 16.1. The van der Waals surface area contributed by atoms with Crippen molar-refractivity contribution in [2.24, 2.45) is 7.05 Å². The van der Waals surface area contributed by atoms with Crippen LogP contribution in [0.15, 0.2) is 47.4 Å². The average Bonchev–Trinajstić information content (AvgIpc) is 3.04. The number of hydrogen-bond acceptors (Lipinski definition) is 4. The molecule has 26 heavy (non-hydrogen) atoms. The summed E-state index contributed by atoms with van der Waals surface area (Å²) >= 11 is 0. The Morgan fingerprint density at radius 3 is 2.81 bits per heavy atom. The molecule has 0 radical (unpaired) electrons. The molecule has 3 heterocycles. The van der Waals surface area contributed by atoms with Gasteiger partial charge in [-0.15, -0.1) is 0 Å². The third-order valence-corrected chi connectivity index (χ3v) is 5.35. The van der Waals surface area contributed by atoms with Crippen LogP contribution in [0.4, 0.5) is 5.95 Å². The number of nitrogens with one attached hydrogen (secondary N) is 2. The predicted octanol–water partition coefficient (Wildman–Crippen LogP) is 2.55. The Kier molecular flexibility index (Phi) is 4.51. The van der Waals surface area contributed by atoms with Crippen molar-refractivity contribution in [3.8, 4) is 0 Å². The summed E-state index contributed by atoms with van der Waals surface area (Å²) in [4.78, 5) is 22.5. The number of hydrogen-bond donors (Lipinski definition) is 2. The van der Waals surface area contributed by atoms with Crippen molar-refractivity contribution in [2.75, 3.05) is 25.5 Å². The smallest absolute Gasteiger partial charge is 0.278 e. The van der Waals surface area contributed by atoms with Crippen molar-refractivity contribution in [1.82, 2.24) is 19.4 Å². The van der Waals surface area contributed by atoms with E-state index in [0.29, 0.717) is 22.9 Å². The number of nitrogens with zero attached hydrogens (tertiary/aromatic N) is 3. The molecule has 3 aromatic rings. The molecular formula is C20H25N5O. The summed E-state index contributed by atoms with van der Waals surface area (Å²) in [5.74, 6) is 1.11. The number of anilines is 1. The van der Waals surface area contributed by atoms with Gasteiger partial charge in [-0.05, 0) is 44.0 Å². The van der Waals surface area contributed by atoms with E-state index in [9.17, 15) is 4.79 Å². The molecule has 0 bridgehead atoms. The first kappa shape index (κ1) is 16.8. The van der Waals surface area contributed by atoms with E-state index in [4.69, 9.17) is 0 Å². The van der Waals surface area contributed by atoms with Gasteiger partial charge in [-0.25, -0.2) is 4.98 Å². The summed E-state index contributed by atoms with van der Waals surface area (Å²) in [6.45, 7) is 2.08. The van der Waals surface area contributed by atoms with Crippen LogP contribution in [0.5, 0.6) is 0 Å². The third kappa shape index (κ3) is 3.24. The fourth-order valence-electron chi connectivity index (χ4n) is 3.87. The molecule has 6 nitrogen and oxygen atoms in total. The fraction of sp³-hybridized carbons (Fsp3) is 0.400. The Hall–Kier alpha value is -2.60. The monoisotopic (exact) mass is 351 g/mol. The number of aromatic amines is 1. The average molecular weight is 351 g/mol. The van der Waals surface area contributed by atoms with Crippen molar-refractivity contribution < 1.29 is 0 Å². The second-order valence-electron chi connectivity index (χ2n) is 7.27. The summed E-state index contributed by atoms with van der Waals surface area (Å²) in [5, 5.41) is 3.54. The molecule has 1 aromatic carbocycles. The maximum absolute atomic E-state index is 12.5. The number of likely N-dealkylation sites (tertiary alicyclic amines) is 1. The van der Waals surface area contributed by atoms with Crippen LogP contribution in [-0.4, -0.2) is 45.6 Å². The Bertz CT molecular complexity index is 946. The Balaban J connectivity index is 1.61. The van der Waals surface area contributed by atoms with Crippen LogP contribution in [0.2, 0.25) is 0 Å². The number of benzene rings is 1. The minimum Gasteiger partial charge on any atom is -0.355 e. The molecule has 0 saturated carbocycles. The molecule has 1 saturated heterocycles. The molecule has 0 aliphatic carbocycles. The van der Waals surface area contributed by atoms with E-state index in [1.54, 1.807) is 17.8 Å². The molecule has 4 rings (SSSR count). The van der Waals surface area contributed by atoms with Gasteiger partial charge in [0.25, 0.3) is 5.56 Å². The van der Waals surface area contributed by atoms with Gasteiger partial charge < -0.3 is 15.2 Å². The summed E-state index contributed by atoms with van der Waals surface area (Å²) in [7, 11) is 3.95. The fourth-order valence-corrected chi connectivity index (χ4v) is 3.87. The van der Waals surface area contributed by atoms with E-state index in [-0.39, 0.29) is 11.6 Å². The molecular weight excluding hydrogens is 326 g/mol. The Labute approximate surface area is 152 Å². The van der Waals surface area contributed by atoms with Crippen molar-refractivity contribution in [3.05, 3.63) is 58.5 Å². The first-order valence-corrected chi connectivity index (χ1v) is 9.16. The first-order valence-electron chi connectivity index (χ1n) is 9.16. The van der Waals surface area contributed by atoms with Crippen molar-refractivity contribution in [2.45, 2.75) is 24.8 Å². The summed E-state index contributed by atoms with van der Waals surface area (Å²) < 4.78 is 1.60. The van der Waals surface area contributed by atoms with Gasteiger partial charge in [-0.1, -0.05) is 30.3 Å². The topological polar surface area (TPSA) is 66.0 Å². The van der Waals surface area contributed by atoms with E-state index in [0.717, 1.165) is 25.9 Å². The second kappa shape index (κ2) is 6.96. The van der Waals surface area contributed by atoms with Gasteiger partial charge in [0.15, 0.2) is 0 Å². The van der Waals surface area contributed by atoms with Crippen molar-refractivity contribution in [3.63, 3.8) is 0 Å². The number of aromatic nitrogens is 3. The van der Waals surface area contributed by atoms with Crippen molar-refractivity contribution >= 4 is 17.0 Å². The molecule has 0 amide bonds. The lowest BCUT2D eigenvalue weighted by atomic mass is 9.92. The summed E-state index contributed by atoms with van der Waals surface area (Å²) in [6.07, 6.45) is 3.81. The molecule has 1 fully saturated rings. The van der Waals surface area contributed by atoms with E-state index < -0.39 is 0 Å². The lowest BCUT2D eigenvalue weighted by molar-refractivity contribution is 0.332. The Morgan fingerprint density at radius 2 is 2.00 bits per heavy atom. The highest BCUT2D eigenvalue weighted by molar-refractivity contribution is 5.75. The largest absolute Gasteiger partial charge is 0.355 e. The zero-order valence-corrected chi connectivity index (χ0v) is 15.3. The van der Waals surface area contributed by atoms with Gasteiger partial charge in [0.05, 0.1) is 5.52 Å². The van der Waals surface area contributed by atoms with E-state index in [1.807, 2.05) is 6.07 Å². The normalized spacial score (nSPS) is 21.6. The number of H-pyrrole nitrogens is 1. The third-order valence-electron chi connectivity index (χ3n) is 5.35. The molecule has 6 heteroatoms. The van der Waals surface area contributed by atoms with Gasteiger partial charge in [-0.3, -0.25) is 9.36 Å². The molecule has 136 valence electrons. The first-order chi connectivity index (χ1) is 12.6. The Morgan fingerprint density at radius 1 is 1.19 bits per heavy atom. The number of likely N-dealkylation sites (N-methyl/N-ethyl adjacent to an activating group) is 1. The quantitative estimate of drug-likeness (QED) is 0.761. The number of fused-ring (bicyclic) bond motifs is 1. The molecule has 0 unspecified atom stereocenters. The van der Waals surface area contributed by atoms with Crippen LogP contribution < -0.4 is 10.9 Å². The lowest BCUT2D eigenvalue weighted by Crippen LogP contribution is -2.29. The maximum Gasteiger partial charge on any atom is 0.278 e. The SMILES string of the molecule is CN1CC[C@H](Nc2nc3cc[nH]c3c(=O)n2C)C[C@H](c2ccccc2)C1. The van der Waals surface area contributed by atoms with Crippen molar-refractivity contribution in [1.29, 1.82) is 0 Å². The van der Waals surface area contributed by atoms with Crippen LogP contribution in [0.25, 0.3) is 11.0 Å². The van der Waals surface area contributed by atoms with Crippen LogP contribution in [-0.2, 0) is 7.05 Å². The van der Waals surface area contributed by atoms with Gasteiger partial charge in [0, 0.05) is 25.8 Å². The van der Waals surface area contributed by atoms with Gasteiger partial charge in [0.2, 0.25) is 5.95 Å². The lowest BCUT2D eigenvalue weighted by Gasteiger charge is -2.23. The van der Waals surface area contributed by atoms with E-state index >= 15 is 0 Å². The zero-order valence-electron chi connectivity index (χ0n) is 15.3. The van der Waals surface area contributed by atoms with E-state index in [2.05, 4.69) is 57.6 Å². The minimum atomic E-state index is -0.0483. The van der Waals surface area contributed by atoms with Crippen LogP contribution >= 0.6 is 0 Å². The standard InChI is InChI=1S/C20H25N5O/c1-24-11-9-16(12-15(13-24)14-6-4-3-5-7-14)22-20-23-17-8-10-21-18(17)19(26)25(20)2/h3-8,10,15-16,21H,9,11-13H2,1-2H3,(H,22,23)/t15-,16-/m0/s1. The van der Waals surface area contributed by atoms with Gasteiger partial charge in [-0.2, -0.15) is 0 Å². The van der Waals surface area contributed by atoms with Gasteiger partial charge in [0.1, 0.15) is 5.52 Å². The summed E-state index contributed by atoms with van der Waals surface area (Å²) in [5.41, 5.74) is 2.59. The van der Waals surface area contributed by atoms with Crippen LogP contribution in [0.3, 0.4) is 0 Å². The minimum absolute atomic E-state index is 0.0483. The summed E-state index contributed by atoms with van der Waals surface area (Å²) in [6, 6.07) is 12.8. The molecule has 2 N–H and O–H groups in total. The molecule has 2 aromatic heterocycles. The highest BCUT2D eigenvalue weighted by Gasteiger charge is 2.25. The molecule has 0 spiro atoms. The van der Waals surface area contributed by atoms with Crippen LogP contribution in [0, 0.1) is 0 Å². The molecule has 1 aliphatic rings. The molecule has 2 atom stereocenters. The predicted molar refractivity (Wildman–Crippen MR) is 105 cm³/mol. The zero-order chi connectivity index (χ0) is 18.1. The number of rotatable bonds is 3. The second-order valence-corrected chi connectivity index (χ2v) is 7.27. The highest BCUT2D eigenvalue weighted by Crippen LogP contribution is 2.27. The van der Waals surface area contributed by atoms with Gasteiger partial charge >= 0.3 is 0 Å². The maximum atomic E-state index is 12.5. The van der Waals surface area contributed by atoms with E-state index in [1.165, 1.54) is 5.56 Å². The molecule has 1 aliphatic heterocycles.